The first-order valence-corrected chi connectivity index (χ1v) is 8.02. The molecule has 0 aliphatic carbocycles. The molecule has 3 heterocycles. The standard InChI is InChI=1S/C16H22N4O3/c1-11-5-6-14(18-17-11)23-13-4-3-7-20(10-13)16(22)12-8-15(21)19(2)9-12/h5-6,12-13H,3-4,7-10H2,1-2H3/t12-,13+/m1/s1. The number of rotatable bonds is 3. The van der Waals surface area contributed by atoms with E-state index in [0.29, 0.717) is 25.4 Å². The van der Waals surface area contributed by atoms with Gasteiger partial charge in [-0.2, -0.15) is 5.10 Å². The molecule has 2 aliphatic heterocycles. The molecule has 23 heavy (non-hydrogen) atoms. The molecule has 7 nitrogen and oxygen atoms in total. The van der Waals surface area contributed by atoms with Gasteiger partial charge in [-0.15, -0.1) is 5.10 Å². The van der Waals surface area contributed by atoms with Gasteiger partial charge in [-0.3, -0.25) is 9.59 Å². The van der Waals surface area contributed by atoms with Crippen molar-refractivity contribution < 1.29 is 14.3 Å². The molecule has 0 radical (unpaired) electrons. The maximum absolute atomic E-state index is 12.6. The van der Waals surface area contributed by atoms with Crippen molar-refractivity contribution in [2.24, 2.45) is 5.92 Å². The lowest BCUT2D eigenvalue weighted by Crippen LogP contribution is -2.47. The monoisotopic (exact) mass is 318 g/mol. The van der Waals surface area contributed by atoms with Crippen LogP contribution in [0.25, 0.3) is 0 Å². The Morgan fingerprint density at radius 1 is 1.30 bits per heavy atom. The van der Waals surface area contributed by atoms with E-state index in [1.807, 2.05) is 17.9 Å². The summed E-state index contributed by atoms with van der Waals surface area (Å²) in [5.41, 5.74) is 0.841. The predicted octanol–water partition coefficient (Wildman–Crippen LogP) is 0.633. The summed E-state index contributed by atoms with van der Waals surface area (Å²) in [6.07, 6.45) is 2.04. The van der Waals surface area contributed by atoms with Gasteiger partial charge >= 0.3 is 0 Å². The van der Waals surface area contributed by atoms with Gasteiger partial charge in [-0.05, 0) is 25.8 Å². The largest absolute Gasteiger partial charge is 0.471 e. The fourth-order valence-corrected chi connectivity index (χ4v) is 3.14. The molecule has 2 saturated heterocycles. The molecule has 0 saturated carbocycles. The number of hydrogen-bond acceptors (Lipinski definition) is 5. The summed E-state index contributed by atoms with van der Waals surface area (Å²) in [6.45, 7) is 3.66. The molecule has 2 atom stereocenters. The molecule has 124 valence electrons. The van der Waals surface area contributed by atoms with Crippen molar-refractivity contribution in [1.82, 2.24) is 20.0 Å². The lowest BCUT2D eigenvalue weighted by Gasteiger charge is -2.33. The molecule has 1 aromatic rings. The van der Waals surface area contributed by atoms with Crippen LogP contribution in [0.15, 0.2) is 12.1 Å². The Hall–Kier alpha value is -2.18. The summed E-state index contributed by atoms with van der Waals surface area (Å²) in [4.78, 5) is 27.7. The van der Waals surface area contributed by atoms with Gasteiger partial charge in [0.2, 0.25) is 17.7 Å². The highest BCUT2D eigenvalue weighted by Crippen LogP contribution is 2.22. The fourth-order valence-electron chi connectivity index (χ4n) is 3.14. The van der Waals surface area contributed by atoms with Crippen molar-refractivity contribution in [3.05, 3.63) is 17.8 Å². The van der Waals surface area contributed by atoms with E-state index in [0.717, 1.165) is 25.1 Å². The summed E-state index contributed by atoms with van der Waals surface area (Å²) in [6, 6.07) is 3.65. The molecular formula is C16H22N4O3. The Bertz CT molecular complexity index is 589. The minimum Gasteiger partial charge on any atom is -0.471 e. The van der Waals surface area contributed by atoms with Gasteiger partial charge in [-0.1, -0.05) is 0 Å². The Labute approximate surface area is 135 Å². The maximum Gasteiger partial charge on any atom is 0.233 e. The quantitative estimate of drug-likeness (QED) is 0.817. The Balaban J connectivity index is 1.58. The number of carbonyl (C=O) groups excluding carboxylic acids is 2. The molecule has 7 heteroatoms. The van der Waals surface area contributed by atoms with Crippen LogP contribution in [0.3, 0.4) is 0 Å². The van der Waals surface area contributed by atoms with E-state index in [4.69, 9.17) is 4.74 Å². The van der Waals surface area contributed by atoms with E-state index in [1.54, 1.807) is 18.0 Å². The van der Waals surface area contributed by atoms with E-state index in [1.165, 1.54) is 0 Å². The Morgan fingerprint density at radius 3 is 2.78 bits per heavy atom. The number of carbonyl (C=O) groups is 2. The number of nitrogens with zero attached hydrogens (tertiary/aromatic N) is 4. The zero-order valence-corrected chi connectivity index (χ0v) is 13.6. The van der Waals surface area contributed by atoms with Crippen LogP contribution in [0.4, 0.5) is 0 Å². The van der Waals surface area contributed by atoms with Crippen LogP contribution in [0.1, 0.15) is 25.0 Å². The summed E-state index contributed by atoms with van der Waals surface area (Å²) in [5.74, 6) is 0.380. The third-order valence-electron chi connectivity index (χ3n) is 4.44. The molecule has 2 fully saturated rings. The summed E-state index contributed by atoms with van der Waals surface area (Å²) >= 11 is 0. The second-order valence-electron chi connectivity index (χ2n) is 6.35. The van der Waals surface area contributed by atoms with Crippen LogP contribution >= 0.6 is 0 Å². The van der Waals surface area contributed by atoms with Gasteiger partial charge in [0.15, 0.2) is 0 Å². The van der Waals surface area contributed by atoms with Gasteiger partial charge in [-0.25, -0.2) is 0 Å². The van der Waals surface area contributed by atoms with Crippen molar-refractivity contribution >= 4 is 11.8 Å². The van der Waals surface area contributed by atoms with E-state index < -0.39 is 0 Å². The third kappa shape index (κ3) is 3.60. The van der Waals surface area contributed by atoms with Crippen LogP contribution in [0.5, 0.6) is 5.88 Å². The van der Waals surface area contributed by atoms with E-state index >= 15 is 0 Å². The van der Waals surface area contributed by atoms with E-state index in [9.17, 15) is 9.59 Å². The second-order valence-corrected chi connectivity index (χ2v) is 6.35. The SMILES string of the molecule is Cc1ccc(O[C@H]2CCCN(C(=O)[C@@H]3CC(=O)N(C)C3)C2)nn1. The topological polar surface area (TPSA) is 75.6 Å². The lowest BCUT2D eigenvalue weighted by atomic mass is 10.0. The second kappa shape index (κ2) is 6.52. The zero-order chi connectivity index (χ0) is 16.4. The lowest BCUT2D eigenvalue weighted by molar-refractivity contribution is -0.138. The highest BCUT2D eigenvalue weighted by atomic mass is 16.5. The number of amides is 2. The van der Waals surface area contributed by atoms with Gasteiger partial charge in [0, 0.05) is 32.6 Å². The molecule has 2 aliphatic rings. The minimum absolute atomic E-state index is 0.0445. The van der Waals surface area contributed by atoms with E-state index in [2.05, 4.69) is 10.2 Å². The molecule has 3 rings (SSSR count). The molecule has 2 amide bonds. The number of ether oxygens (including phenoxy) is 1. The first kappa shape index (κ1) is 15.7. The fraction of sp³-hybridized carbons (Fsp3) is 0.625. The van der Waals surface area contributed by atoms with Crippen molar-refractivity contribution in [3.8, 4) is 5.88 Å². The molecular weight excluding hydrogens is 296 g/mol. The van der Waals surface area contributed by atoms with E-state index in [-0.39, 0.29) is 23.8 Å². The Morgan fingerprint density at radius 2 is 2.13 bits per heavy atom. The number of likely N-dealkylation sites (tertiary alicyclic amines) is 2. The van der Waals surface area contributed by atoms with Gasteiger partial charge < -0.3 is 14.5 Å². The van der Waals surface area contributed by atoms with Gasteiger partial charge in [0.1, 0.15) is 6.10 Å². The molecule has 0 spiro atoms. The zero-order valence-electron chi connectivity index (χ0n) is 13.6. The van der Waals surface area contributed by atoms with Crippen LogP contribution in [-0.4, -0.2) is 64.6 Å². The predicted molar refractivity (Wildman–Crippen MR) is 82.7 cm³/mol. The van der Waals surface area contributed by atoms with Crippen LogP contribution < -0.4 is 4.74 Å². The average Bonchev–Trinajstić information content (AvgIpc) is 2.88. The molecule has 0 unspecified atom stereocenters. The van der Waals surface area contributed by atoms with Crippen molar-refractivity contribution in [1.29, 1.82) is 0 Å². The number of aromatic nitrogens is 2. The van der Waals surface area contributed by atoms with Crippen LogP contribution in [0.2, 0.25) is 0 Å². The van der Waals surface area contributed by atoms with Crippen molar-refractivity contribution in [2.75, 3.05) is 26.7 Å². The summed E-state index contributed by atoms with van der Waals surface area (Å²) in [5, 5.41) is 7.99. The van der Waals surface area contributed by atoms with Crippen LogP contribution in [-0.2, 0) is 9.59 Å². The van der Waals surface area contributed by atoms with Gasteiger partial charge in [0.05, 0.1) is 18.2 Å². The third-order valence-corrected chi connectivity index (χ3v) is 4.44. The van der Waals surface area contributed by atoms with Crippen molar-refractivity contribution in [3.63, 3.8) is 0 Å². The van der Waals surface area contributed by atoms with Gasteiger partial charge in [0.25, 0.3) is 0 Å². The highest BCUT2D eigenvalue weighted by Gasteiger charge is 2.36. The van der Waals surface area contributed by atoms with Crippen molar-refractivity contribution in [2.45, 2.75) is 32.3 Å². The molecule has 0 aromatic carbocycles. The first-order chi connectivity index (χ1) is 11.0. The smallest absolute Gasteiger partial charge is 0.233 e. The normalized spacial score (nSPS) is 24.9. The first-order valence-electron chi connectivity index (χ1n) is 8.02. The maximum atomic E-state index is 12.6. The molecule has 0 bridgehead atoms. The molecule has 1 aromatic heterocycles. The average molecular weight is 318 g/mol. The summed E-state index contributed by atoms with van der Waals surface area (Å²) in [7, 11) is 1.74. The molecule has 0 N–H and O–H groups in total. The highest BCUT2D eigenvalue weighted by molar-refractivity contribution is 5.89. The number of aryl methyl sites for hydroxylation is 1. The van der Waals surface area contributed by atoms with Crippen LogP contribution in [0, 0.1) is 12.8 Å². The minimum atomic E-state index is -0.217. The summed E-state index contributed by atoms with van der Waals surface area (Å²) < 4.78 is 5.85. The Kier molecular flexibility index (Phi) is 4.45. The number of hydrogen-bond donors (Lipinski definition) is 0. The number of piperidine rings is 1.